The fourth-order valence-electron chi connectivity index (χ4n) is 4.19. The van der Waals surface area contributed by atoms with E-state index in [9.17, 15) is 23.3 Å². The molecule has 3 aromatic rings. The number of pyridine rings is 1. The Hall–Kier alpha value is -3.49. The summed E-state index contributed by atoms with van der Waals surface area (Å²) in [5.74, 6) is 0.452. The molecule has 1 fully saturated rings. The lowest BCUT2D eigenvalue weighted by molar-refractivity contribution is -0.122. The predicted molar refractivity (Wildman–Crippen MR) is 123 cm³/mol. The number of Topliss-reactive ketones (excluding diaryl/α,β-unsaturated/α-hetero) is 1. The zero-order chi connectivity index (χ0) is 23.8. The summed E-state index contributed by atoms with van der Waals surface area (Å²) < 4.78 is 27.5. The van der Waals surface area contributed by atoms with E-state index in [1.165, 1.54) is 32.4 Å². The topological polar surface area (TPSA) is 141 Å². The Morgan fingerprint density at radius 1 is 1.18 bits per heavy atom. The molecule has 2 heterocycles. The number of aromatic nitrogens is 3. The molecule has 0 amide bonds. The number of fused-ring (bicyclic) bond motifs is 1. The number of nitrogens with zero attached hydrogens (tertiary/aromatic N) is 4. The van der Waals surface area contributed by atoms with Crippen molar-refractivity contribution in [2.45, 2.75) is 42.5 Å². The van der Waals surface area contributed by atoms with Crippen LogP contribution >= 0.6 is 0 Å². The Labute approximate surface area is 190 Å². The van der Waals surface area contributed by atoms with Gasteiger partial charge in [-0.15, -0.1) is 0 Å². The fraction of sp³-hybridized carbons (Fsp3) is 0.364. The number of H-pyrrole nitrogens is 1. The van der Waals surface area contributed by atoms with Crippen LogP contribution in [-0.2, 0) is 20.4 Å². The van der Waals surface area contributed by atoms with Gasteiger partial charge < -0.3 is 10.3 Å². The molecular weight excluding hydrogens is 444 g/mol. The van der Waals surface area contributed by atoms with Gasteiger partial charge in [-0.1, -0.05) is 0 Å². The van der Waals surface area contributed by atoms with Gasteiger partial charge in [0.2, 0.25) is 10.0 Å². The van der Waals surface area contributed by atoms with Crippen LogP contribution in [0.15, 0.2) is 46.2 Å². The van der Waals surface area contributed by atoms with Crippen LogP contribution in [0.25, 0.3) is 10.9 Å². The van der Waals surface area contributed by atoms with Gasteiger partial charge in [0, 0.05) is 38.8 Å². The van der Waals surface area contributed by atoms with E-state index >= 15 is 0 Å². The number of anilines is 2. The first kappa shape index (κ1) is 22.7. The van der Waals surface area contributed by atoms with Crippen molar-refractivity contribution in [1.82, 2.24) is 19.1 Å². The van der Waals surface area contributed by atoms with Gasteiger partial charge in [0.1, 0.15) is 11.2 Å². The summed E-state index contributed by atoms with van der Waals surface area (Å²) in [6, 6.07) is 10.1. The summed E-state index contributed by atoms with van der Waals surface area (Å²) in [4.78, 5) is 27.4. The lowest BCUT2D eigenvalue weighted by Gasteiger charge is -2.35. The number of hydrogen-bond donors (Lipinski definition) is 2. The van der Waals surface area contributed by atoms with Crippen LogP contribution in [0.1, 0.15) is 32.1 Å². The molecule has 0 aliphatic heterocycles. The third-order valence-electron chi connectivity index (χ3n) is 6.10. The number of carbonyl (C=O) groups excluding carboxylic acids is 1. The normalized spacial score (nSPS) is 16.1. The van der Waals surface area contributed by atoms with Crippen LogP contribution in [0.2, 0.25) is 0 Å². The van der Waals surface area contributed by atoms with Gasteiger partial charge in [0.25, 0.3) is 5.56 Å². The molecule has 1 aliphatic carbocycles. The molecule has 2 aromatic heterocycles. The lowest BCUT2D eigenvalue weighted by atomic mass is 9.79. The average Bonchev–Trinajstić information content (AvgIpc) is 3.16. The standard InChI is InChI=1S/C22H24N6O4S/c1-27(2)33(31,32)17-5-3-15(4-6-17)25-20-19-18(9-14-24-21(19)30)28(26-20)22(12-13-23)10-7-16(29)8-11-22/h3-6,9,14H,7-8,10-12H2,1-2H3,(H,24,30)(H,25,26). The molecule has 0 spiro atoms. The fourth-order valence-corrected chi connectivity index (χ4v) is 5.09. The van der Waals surface area contributed by atoms with Gasteiger partial charge in [-0.2, -0.15) is 10.4 Å². The van der Waals surface area contributed by atoms with E-state index in [1.54, 1.807) is 22.9 Å². The molecule has 33 heavy (non-hydrogen) atoms. The Morgan fingerprint density at radius 2 is 1.85 bits per heavy atom. The second-order valence-corrected chi connectivity index (χ2v) is 10.5. The van der Waals surface area contributed by atoms with Crippen molar-refractivity contribution in [1.29, 1.82) is 5.26 Å². The van der Waals surface area contributed by atoms with E-state index in [0.29, 0.717) is 48.1 Å². The van der Waals surface area contributed by atoms with Gasteiger partial charge in [-0.25, -0.2) is 12.7 Å². The quantitative estimate of drug-likeness (QED) is 0.566. The summed E-state index contributed by atoms with van der Waals surface area (Å²) >= 11 is 0. The molecule has 1 aromatic carbocycles. The monoisotopic (exact) mass is 468 g/mol. The molecule has 4 rings (SSSR count). The number of ketones is 1. The minimum absolute atomic E-state index is 0.145. The Bertz CT molecular complexity index is 1400. The average molecular weight is 469 g/mol. The van der Waals surface area contributed by atoms with Crippen molar-refractivity contribution in [2.24, 2.45) is 0 Å². The number of benzene rings is 1. The maximum Gasteiger partial charge on any atom is 0.261 e. The third-order valence-corrected chi connectivity index (χ3v) is 7.92. The summed E-state index contributed by atoms with van der Waals surface area (Å²) in [6.07, 6.45) is 3.36. The molecule has 2 N–H and O–H groups in total. The predicted octanol–water partition coefficient (Wildman–Crippen LogP) is 2.47. The van der Waals surface area contributed by atoms with Gasteiger partial charge in [-0.3, -0.25) is 14.3 Å². The number of carbonyl (C=O) groups is 1. The molecule has 0 atom stereocenters. The number of nitrogens with one attached hydrogen (secondary N) is 2. The van der Waals surface area contributed by atoms with Crippen LogP contribution in [0.4, 0.5) is 11.5 Å². The molecule has 11 heteroatoms. The first-order valence-electron chi connectivity index (χ1n) is 10.5. The van der Waals surface area contributed by atoms with E-state index in [1.807, 2.05) is 0 Å². The second-order valence-electron chi connectivity index (χ2n) is 8.36. The highest BCUT2D eigenvalue weighted by Gasteiger charge is 2.39. The van der Waals surface area contributed by atoms with E-state index in [0.717, 1.165) is 4.31 Å². The molecule has 10 nitrogen and oxygen atoms in total. The van der Waals surface area contributed by atoms with Crippen molar-refractivity contribution in [3.63, 3.8) is 0 Å². The van der Waals surface area contributed by atoms with E-state index < -0.39 is 15.6 Å². The maximum atomic E-state index is 12.7. The number of sulfonamides is 1. The smallest absolute Gasteiger partial charge is 0.261 e. The Balaban J connectivity index is 1.78. The molecule has 0 saturated heterocycles. The Morgan fingerprint density at radius 3 is 2.45 bits per heavy atom. The summed E-state index contributed by atoms with van der Waals surface area (Å²) in [5, 5.41) is 17.6. The highest BCUT2D eigenvalue weighted by Crippen LogP contribution is 2.39. The molecule has 1 aliphatic rings. The zero-order valence-electron chi connectivity index (χ0n) is 18.3. The summed E-state index contributed by atoms with van der Waals surface area (Å²) in [5.41, 5.74) is 0.0959. The number of rotatable bonds is 6. The van der Waals surface area contributed by atoms with E-state index in [4.69, 9.17) is 0 Å². The number of nitriles is 1. The minimum atomic E-state index is -3.56. The first-order valence-corrected chi connectivity index (χ1v) is 11.9. The van der Waals surface area contributed by atoms with E-state index in [-0.39, 0.29) is 22.7 Å². The molecular formula is C22H24N6O4S. The Kier molecular flexibility index (Phi) is 5.82. The van der Waals surface area contributed by atoms with Gasteiger partial charge in [0.15, 0.2) is 5.82 Å². The van der Waals surface area contributed by atoms with Crippen LogP contribution < -0.4 is 10.9 Å². The molecule has 0 bridgehead atoms. The second kappa shape index (κ2) is 8.46. The van der Waals surface area contributed by atoms with Crippen molar-refractivity contribution in [3.05, 3.63) is 46.9 Å². The van der Waals surface area contributed by atoms with Crippen LogP contribution in [0, 0.1) is 11.3 Å². The van der Waals surface area contributed by atoms with Crippen molar-refractivity contribution < 1.29 is 13.2 Å². The zero-order valence-corrected chi connectivity index (χ0v) is 19.1. The van der Waals surface area contributed by atoms with E-state index in [2.05, 4.69) is 21.5 Å². The summed E-state index contributed by atoms with van der Waals surface area (Å²) in [6.45, 7) is 0. The largest absolute Gasteiger partial charge is 0.338 e. The van der Waals surface area contributed by atoms with Crippen molar-refractivity contribution in [3.8, 4) is 6.07 Å². The highest BCUT2D eigenvalue weighted by molar-refractivity contribution is 7.89. The molecule has 0 unspecified atom stereocenters. The highest BCUT2D eigenvalue weighted by atomic mass is 32.2. The lowest BCUT2D eigenvalue weighted by Crippen LogP contribution is -2.38. The van der Waals surface area contributed by atoms with Gasteiger partial charge >= 0.3 is 0 Å². The number of hydrogen-bond acceptors (Lipinski definition) is 7. The molecule has 0 radical (unpaired) electrons. The summed E-state index contributed by atoms with van der Waals surface area (Å²) in [7, 11) is -0.643. The first-order chi connectivity index (χ1) is 15.7. The minimum Gasteiger partial charge on any atom is -0.338 e. The van der Waals surface area contributed by atoms with Crippen molar-refractivity contribution in [2.75, 3.05) is 19.4 Å². The SMILES string of the molecule is CN(C)S(=O)(=O)c1ccc(Nc2nn(C3(CC#N)CCC(=O)CC3)c3cc[nH]c(=O)c23)cc1. The van der Waals surface area contributed by atoms with Crippen LogP contribution in [0.5, 0.6) is 0 Å². The molecule has 1 saturated carbocycles. The van der Waals surface area contributed by atoms with Crippen LogP contribution in [-0.4, -0.2) is 47.4 Å². The van der Waals surface area contributed by atoms with Gasteiger partial charge in [0.05, 0.1) is 28.4 Å². The third kappa shape index (κ3) is 4.03. The van der Waals surface area contributed by atoms with Gasteiger partial charge in [-0.05, 0) is 43.2 Å². The number of aromatic amines is 1. The molecule has 172 valence electrons. The van der Waals surface area contributed by atoms with Crippen molar-refractivity contribution >= 4 is 38.2 Å². The maximum absolute atomic E-state index is 12.7. The van der Waals surface area contributed by atoms with Crippen LogP contribution in [0.3, 0.4) is 0 Å².